The molecule has 28 heavy (non-hydrogen) atoms. The number of thiazole rings is 1. The first-order chi connectivity index (χ1) is 13.1. The second-order valence-corrected chi connectivity index (χ2v) is 9.76. The van der Waals surface area contributed by atoms with Crippen molar-refractivity contribution in [1.82, 2.24) is 24.7 Å². The smallest absolute Gasteiger partial charge is 0.234 e. The first-order valence-corrected chi connectivity index (χ1v) is 10.8. The van der Waals surface area contributed by atoms with Gasteiger partial charge in [0.2, 0.25) is 5.91 Å². The summed E-state index contributed by atoms with van der Waals surface area (Å²) >= 11 is 1.74. The van der Waals surface area contributed by atoms with Crippen LogP contribution in [0, 0.1) is 13.8 Å². The van der Waals surface area contributed by atoms with Gasteiger partial charge in [-0.3, -0.25) is 14.6 Å². The zero-order valence-corrected chi connectivity index (χ0v) is 18.8. The molecule has 0 radical (unpaired) electrons. The number of rotatable bonds is 5. The fraction of sp³-hybridized carbons (Fsp3) is 0.619. The van der Waals surface area contributed by atoms with Gasteiger partial charge in [0.25, 0.3) is 0 Å². The van der Waals surface area contributed by atoms with Crippen molar-refractivity contribution in [3.63, 3.8) is 0 Å². The molecule has 2 aromatic rings. The molecule has 0 bridgehead atoms. The summed E-state index contributed by atoms with van der Waals surface area (Å²) in [6.45, 7) is 15.5. The molecular formula is C21H33N5OS. The molecule has 3 heterocycles. The highest BCUT2D eigenvalue weighted by molar-refractivity contribution is 7.09. The summed E-state index contributed by atoms with van der Waals surface area (Å²) in [5, 5.41) is 6.37. The Hall–Kier alpha value is -1.70. The molecule has 6 nitrogen and oxygen atoms in total. The van der Waals surface area contributed by atoms with Crippen LogP contribution in [0.1, 0.15) is 37.2 Å². The first-order valence-electron chi connectivity index (χ1n) is 9.96. The average Bonchev–Trinajstić information content (AvgIpc) is 3.15. The quantitative estimate of drug-likeness (QED) is 0.834. The number of nitrogens with zero attached hydrogens (tertiary/aromatic N) is 4. The molecule has 1 N–H and O–H groups in total. The molecule has 0 spiro atoms. The van der Waals surface area contributed by atoms with E-state index in [2.05, 4.69) is 52.0 Å². The number of aromatic nitrogens is 2. The van der Waals surface area contributed by atoms with Gasteiger partial charge in [-0.25, -0.2) is 4.98 Å². The molecule has 1 saturated heterocycles. The highest BCUT2D eigenvalue weighted by Crippen LogP contribution is 2.28. The van der Waals surface area contributed by atoms with Gasteiger partial charge in [-0.1, -0.05) is 0 Å². The van der Waals surface area contributed by atoms with Gasteiger partial charge in [0, 0.05) is 61.1 Å². The van der Waals surface area contributed by atoms with Gasteiger partial charge in [0.1, 0.15) is 5.01 Å². The van der Waals surface area contributed by atoms with Gasteiger partial charge >= 0.3 is 0 Å². The number of carbonyl (C=O) groups is 1. The molecular weight excluding hydrogens is 370 g/mol. The third-order valence-corrected chi connectivity index (χ3v) is 6.14. The summed E-state index contributed by atoms with van der Waals surface area (Å²) in [4.78, 5) is 21.7. The molecule has 3 rings (SSSR count). The Bertz CT molecular complexity index is 824. The van der Waals surface area contributed by atoms with E-state index >= 15 is 0 Å². The van der Waals surface area contributed by atoms with E-state index in [0.29, 0.717) is 6.54 Å². The number of aryl methyl sites for hydroxylation is 1. The second-order valence-electron chi connectivity index (χ2n) is 8.82. The molecule has 7 heteroatoms. The lowest BCUT2D eigenvalue weighted by Crippen LogP contribution is -2.51. The van der Waals surface area contributed by atoms with Crippen LogP contribution in [0.4, 0.5) is 0 Å². The van der Waals surface area contributed by atoms with Crippen molar-refractivity contribution in [2.24, 2.45) is 7.05 Å². The van der Waals surface area contributed by atoms with E-state index in [1.807, 2.05) is 20.8 Å². The summed E-state index contributed by atoms with van der Waals surface area (Å²) in [7, 11) is 2.10. The van der Waals surface area contributed by atoms with Crippen molar-refractivity contribution in [1.29, 1.82) is 0 Å². The van der Waals surface area contributed by atoms with E-state index < -0.39 is 0 Å². The largest absolute Gasteiger partial charge is 0.351 e. The van der Waals surface area contributed by atoms with Gasteiger partial charge in [0.05, 0.1) is 18.8 Å². The van der Waals surface area contributed by atoms with E-state index in [-0.39, 0.29) is 11.4 Å². The van der Waals surface area contributed by atoms with Gasteiger partial charge < -0.3 is 9.88 Å². The predicted octanol–water partition coefficient (Wildman–Crippen LogP) is 2.80. The van der Waals surface area contributed by atoms with Gasteiger partial charge in [0.15, 0.2) is 0 Å². The molecule has 154 valence electrons. The van der Waals surface area contributed by atoms with Crippen LogP contribution in [-0.2, 0) is 18.4 Å². The van der Waals surface area contributed by atoms with E-state index in [1.54, 1.807) is 11.3 Å². The Morgan fingerprint density at radius 1 is 1.18 bits per heavy atom. The van der Waals surface area contributed by atoms with Crippen molar-refractivity contribution in [2.75, 3.05) is 32.7 Å². The van der Waals surface area contributed by atoms with E-state index in [0.717, 1.165) is 43.4 Å². The lowest BCUT2D eigenvalue weighted by atomic mass is 10.1. The van der Waals surface area contributed by atoms with Crippen molar-refractivity contribution in [3.05, 3.63) is 27.8 Å². The van der Waals surface area contributed by atoms with E-state index in [4.69, 9.17) is 4.98 Å². The number of nitrogens with one attached hydrogen (secondary N) is 1. The minimum absolute atomic E-state index is 0.110. The molecule has 1 fully saturated rings. The summed E-state index contributed by atoms with van der Waals surface area (Å²) < 4.78 is 2.21. The Labute approximate surface area is 172 Å². The van der Waals surface area contributed by atoms with Crippen LogP contribution in [0.2, 0.25) is 0 Å². The third kappa shape index (κ3) is 5.21. The maximum Gasteiger partial charge on any atom is 0.234 e. The molecule has 1 aliphatic heterocycles. The van der Waals surface area contributed by atoms with Crippen molar-refractivity contribution in [3.8, 4) is 11.3 Å². The summed E-state index contributed by atoms with van der Waals surface area (Å²) in [5.74, 6) is 0.110. The van der Waals surface area contributed by atoms with Gasteiger partial charge in [-0.05, 0) is 40.7 Å². The van der Waals surface area contributed by atoms with Crippen LogP contribution in [-0.4, -0.2) is 63.5 Å². The fourth-order valence-electron chi connectivity index (χ4n) is 3.58. The van der Waals surface area contributed by atoms with E-state index in [9.17, 15) is 4.79 Å². The van der Waals surface area contributed by atoms with Gasteiger partial charge in [-0.15, -0.1) is 11.3 Å². The molecule has 0 aliphatic carbocycles. The van der Waals surface area contributed by atoms with Gasteiger partial charge in [-0.2, -0.15) is 0 Å². The normalized spacial score (nSPS) is 16.5. The Morgan fingerprint density at radius 3 is 2.39 bits per heavy atom. The molecule has 0 saturated carbocycles. The van der Waals surface area contributed by atoms with Crippen LogP contribution in [0.3, 0.4) is 0 Å². The Kier molecular flexibility index (Phi) is 6.27. The lowest BCUT2D eigenvalue weighted by molar-refractivity contribution is -0.124. The van der Waals surface area contributed by atoms with E-state index in [1.165, 1.54) is 17.0 Å². The second kappa shape index (κ2) is 8.35. The van der Waals surface area contributed by atoms with Crippen LogP contribution in [0.25, 0.3) is 11.3 Å². The first kappa shape index (κ1) is 21.0. The SMILES string of the molecule is Cc1cc(-c2csc(CN3CCN(CC(=O)NC(C)(C)C)CC3)n2)c(C)n1C. The molecule has 0 atom stereocenters. The number of hydrogen-bond donors (Lipinski definition) is 1. The van der Waals surface area contributed by atoms with Crippen molar-refractivity contribution >= 4 is 17.2 Å². The van der Waals surface area contributed by atoms with Crippen molar-refractivity contribution < 1.29 is 4.79 Å². The average molecular weight is 404 g/mol. The number of carbonyl (C=O) groups excluding carboxylic acids is 1. The molecule has 1 aliphatic rings. The van der Waals surface area contributed by atoms with Crippen LogP contribution >= 0.6 is 11.3 Å². The van der Waals surface area contributed by atoms with Crippen LogP contribution in [0.15, 0.2) is 11.4 Å². The minimum Gasteiger partial charge on any atom is -0.351 e. The topological polar surface area (TPSA) is 53.4 Å². The number of amides is 1. The summed E-state index contributed by atoms with van der Waals surface area (Å²) in [6.07, 6.45) is 0. The molecule has 0 aromatic carbocycles. The maximum atomic E-state index is 12.1. The monoisotopic (exact) mass is 403 g/mol. The molecule has 0 unspecified atom stereocenters. The lowest BCUT2D eigenvalue weighted by Gasteiger charge is -2.34. The Morgan fingerprint density at radius 2 is 1.82 bits per heavy atom. The third-order valence-electron chi connectivity index (χ3n) is 5.31. The summed E-state index contributed by atoms with van der Waals surface area (Å²) in [5.41, 5.74) is 4.66. The predicted molar refractivity (Wildman–Crippen MR) is 116 cm³/mol. The highest BCUT2D eigenvalue weighted by atomic mass is 32.1. The molecule has 1 amide bonds. The highest BCUT2D eigenvalue weighted by Gasteiger charge is 2.22. The fourth-order valence-corrected chi connectivity index (χ4v) is 4.42. The van der Waals surface area contributed by atoms with Crippen LogP contribution < -0.4 is 5.32 Å². The zero-order chi connectivity index (χ0) is 20.5. The Balaban J connectivity index is 1.51. The number of hydrogen-bond acceptors (Lipinski definition) is 5. The summed E-state index contributed by atoms with van der Waals surface area (Å²) in [6, 6.07) is 2.22. The number of piperazine rings is 1. The minimum atomic E-state index is -0.170. The maximum absolute atomic E-state index is 12.1. The standard InChI is InChI=1S/C21H33N5OS/c1-15-11-17(16(2)24(15)6)18-14-28-20(22-18)13-26-9-7-25(8-10-26)12-19(27)23-21(3,4)5/h11,14H,7-10,12-13H2,1-6H3,(H,23,27). The van der Waals surface area contributed by atoms with Crippen molar-refractivity contribution in [2.45, 2.75) is 46.7 Å². The molecule has 2 aromatic heterocycles. The zero-order valence-electron chi connectivity index (χ0n) is 18.0. The van der Waals surface area contributed by atoms with Crippen LogP contribution in [0.5, 0.6) is 0 Å².